The molecule has 0 amide bonds. The summed E-state index contributed by atoms with van der Waals surface area (Å²) in [6.45, 7) is 2.34. The Balaban J connectivity index is 2.18. The molecule has 0 fully saturated rings. The number of hydrogen-bond acceptors (Lipinski definition) is 4. The minimum Gasteiger partial charge on any atom is -0.497 e. The zero-order valence-corrected chi connectivity index (χ0v) is 12.9. The van der Waals surface area contributed by atoms with E-state index in [1.54, 1.807) is 19.5 Å². The van der Waals surface area contributed by atoms with Crippen LogP contribution in [0.5, 0.6) is 11.5 Å². The van der Waals surface area contributed by atoms with E-state index in [1.807, 2.05) is 31.2 Å². The molecule has 21 heavy (non-hydrogen) atoms. The van der Waals surface area contributed by atoms with Crippen LogP contribution >= 0.6 is 11.6 Å². The summed E-state index contributed by atoms with van der Waals surface area (Å²) in [7, 11) is 1.63. The fourth-order valence-corrected chi connectivity index (χ4v) is 2.16. The van der Waals surface area contributed by atoms with E-state index in [9.17, 15) is 0 Å². The first-order valence-corrected chi connectivity index (χ1v) is 7.11. The maximum Gasteiger partial charge on any atom is 0.126 e. The Labute approximate surface area is 129 Å². The van der Waals surface area contributed by atoms with Gasteiger partial charge in [0.2, 0.25) is 0 Å². The van der Waals surface area contributed by atoms with Crippen molar-refractivity contribution in [2.24, 2.45) is 5.73 Å². The molecule has 0 saturated heterocycles. The van der Waals surface area contributed by atoms with E-state index in [4.69, 9.17) is 26.8 Å². The van der Waals surface area contributed by atoms with Gasteiger partial charge >= 0.3 is 0 Å². The minimum atomic E-state index is 0.0604. The number of aromatic nitrogens is 1. The predicted octanol–water partition coefficient (Wildman–Crippen LogP) is 3.21. The van der Waals surface area contributed by atoms with Gasteiger partial charge < -0.3 is 15.2 Å². The summed E-state index contributed by atoms with van der Waals surface area (Å²) < 4.78 is 11.1. The van der Waals surface area contributed by atoms with Gasteiger partial charge in [-0.15, -0.1) is 0 Å². The number of nitrogens with zero attached hydrogens (tertiary/aromatic N) is 1. The number of halogens is 1. The summed E-state index contributed by atoms with van der Waals surface area (Å²) in [6, 6.07) is 7.65. The molecule has 1 atom stereocenters. The number of pyridine rings is 1. The largest absolute Gasteiger partial charge is 0.497 e. The van der Waals surface area contributed by atoms with Crippen LogP contribution in [-0.2, 0) is 13.0 Å². The molecule has 4 nitrogen and oxygen atoms in total. The van der Waals surface area contributed by atoms with Crippen LogP contribution in [0.25, 0.3) is 0 Å². The number of benzene rings is 1. The monoisotopic (exact) mass is 306 g/mol. The Hall–Kier alpha value is -1.78. The minimum absolute atomic E-state index is 0.0604. The molecular formula is C16H19ClN2O2. The molecule has 5 heteroatoms. The van der Waals surface area contributed by atoms with Crippen molar-refractivity contribution in [1.29, 1.82) is 0 Å². The van der Waals surface area contributed by atoms with E-state index in [-0.39, 0.29) is 6.04 Å². The van der Waals surface area contributed by atoms with Gasteiger partial charge in [-0.25, -0.2) is 0 Å². The molecule has 2 N–H and O–H groups in total. The van der Waals surface area contributed by atoms with Crippen molar-refractivity contribution in [3.63, 3.8) is 0 Å². The summed E-state index contributed by atoms with van der Waals surface area (Å²) in [5.74, 6) is 1.51. The third-order valence-corrected chi connectivity index (χ3v) is 3.40. The summed E-state index contributed by atoms with van der Waals surface area (Å²) in [4.78, 5) is 3.96. The predicted molar refractivity (Wildman–Crippen MR) is 83.9 cm³/mol. The van der Waals surface area contributed by atoms with Crippen LogP contribution in [0.15, 0.2) is 36.7 Å². The van der Waals surface area contributed by atoms with Crippen molar-refractivity contribution in [3.8, 4) is 11.5 Å². The zero-order chi connectivity index (χ0) is 15.2. The van der Waals surface area contributed by atoms with E-state index in [0.29, 0.717) is 11.6 Å². The van der Waals surface area contributed by atoms with Gasteiger partial charge in [0.25, 0.3) is 0 Å². The molecule has 0 bridgehead atoms. The molecule has 0 radical (unpaired) electrons. The lowest BCUT2D eigenvalue weighted by molar-refractivity contribution is 0.299. The highest BCUT2D eigenvalue weighted by Gasteiger charge is 2.09. The molecule has 1 heterocycles. The van der Waals surface area contributed by atoms with Crippen LogP contribution in [0, 0.1) is 0 Å². The molecular weight excluding hydrogens is 288 g/mol. The van der Waals surface area contributed by atoms with Crippen molar-refractivity contribution in [2.75, 3.05) is 7.11 Å². The summed E-state index contributed by atoms with van der Waals surface area (Å²) >= 11 is 6.09. The third kappa shape index (κ3) is 4.34. The Morgan fingerprint density at radius 3 is 2.76 bits per heavy atom. The normalized spacial score (nSPS) is 12.0. The Bertz CT molecular complexity index is 603. The van der Waals surface area contributed by atoms with Gasteiger partial charge in [-0.05, 0) is 31.0 Å². The van der Waals surface area contributed by atoms with E-state index in [2.05, 4.69) is 4.98 Å². The topological polar surface area (TPSA) is 57.4 Å². The Morgan fingerprint density at radius 1 is 1.29 bits per heavy atom. The lowest BCUT2D eigenvalue weighted by atomic mass is 10.1. The van der Waals surface area contributed by atoms with Crippen LogP contribution in [-0.4, -0.2) is 18.1 Å². The Kier molecular flexibility index (Phi) is 5.42. The zero-order valence-electron chi connectivity index (χ0n) is 12.2. The first-order valence-electron chi connectivity index (χ1n) is 6.74. The van der Waals surface area contributed by atoms with Gasteiger partial charge in [-0.2, -0.15) is 0 Å². The molecule has 0 saturated carbocycles. The molecule has 1 aromatic heterocycles. The number of ether oxygens (including phenoxy) is 2. The maximum absolute atomic E-state index is 6.09. The standard InChI is InChI=1S/C16H19ClN2O2/c1-11(18)7-12-3-4-14(20-2)8-16(12)21-10-13-5-6-19-9-15(13)17/h3-6,8-9,11H,7,10,18H2,1-2H3. The molecule has 1 aromatic carbocycles. The second kappa shape index (κ2) is 7.29. The summed E-state index contributed by atoms with van der Waals surface area (Å²) in [5, 5.41) is 0.592. The van der Waals surface area contributed by atoms with Crippen LogP contribution in [0.4, 0.5) is 0 Å². The highest BCUT2D eigenvalue weighted by molar-refractivity contribution is 6.31. The van der Waals surface area contributed by atoms with Gasteiger partial charge in [-0.3, -0.25) is 4.98 Å². The first-order chi connectivity index (χ1) is 10.1. The molecule has 0 spiro atoms. The van der Waals surface area contributed by atoms with E-state index >= 15 is 0 Å². The molecule has 0 aliphatic rings. The average molecular weight is 307 g/mol. The smallest absolute Gasteiger partial charge is 0.126 e. The maximum atomic E-state index is 6.09. The molecule has 0 aliphatic heterocycles. The van der Waals surface area contributed by atoms with Crippen LogP contribution in [0.3, 0.4) is 0 Å². The fraction of sp³-hybridized carbons (Fsp3) is 0.312. The quantitative estimate of drug-likeness (QED) is 0.890. The third-order valence-electron chi connectivity index (χ3n) is 3.06. The van der Waals surface area contributed by atoms with Crippen molar-refractivity contribution < 1.29 is 9.47 Å². The van der Waals surface area contributed by atoms with Gasteiger partial charge in [0.05, 0.1) is 12.1 Å². The summed E-state index contributed by atoms with van der Waals surface area (Å²) in [5.41, 5.74) is 7.82. The SMILES string of the molecule is COc1ccc(CC(C)N)c(OCc2ccncc2Cl)c1. The number of nitrogens with two attached hydrogens (primary N) is 1. The molecule has 0 aliphatic carbocycles. The number of rotatable bonds is 6. The van der Waals surface area contributed by atoms with E-state index in [0.717, 1.165) is 29.0 Å². The van der Waals surface area contributed by atoms with Crippen molar-refractivity contribution in [2.45, 2.75) is 26.0 Å². The molecule has 2 aromatic rings. The van der Waals surface area contributed by atoms with Gasteiger partial charge in [0.1, 0.15) is 18.1 Å². The second-order valence-electron chi connectivity index (χ2n) is 4.91. The van der Waals surface area contributed by atoms with Gasteiger partial charge in [-0.1, -0.05) is 17.7 Å². The highest BCUT2D eigenvalue weighted by atomic mass is 35.5. The van der Waals surface area contributed by atoms with Gasteiger partial charge in [0, 0.05) is 30.1 Å². The number of methoxy groups -OCH3 is 1. The molecule has 1 unspecified atom stereocenters. The van der Waals surface area contributed by atoms with Crippen LogP contribution in [0.1, 0.15) is 18.1 Å². The molecule has 112 valence electrons. The average Bonchev–Trinajstić information content (AvgIpc) is 2.47. The first kappa shape index (κ1) is 15.6. The van der Waals surface area contributed by atoms with Crippen molar-refractivity contribution in [3.05, 3.63) is 52.8 Å². The number of hydrogen-bond donors (Lipinski definition) is 1. The second-order valence-corrected chi connectivity index (χ2v) is 5.32. The van der Waals surface area contributed by atoms with Crippen LogP contribution < -0.4 is 15.2 Å². The lowest BCUT2D eigenvalue weighted by Crippen LogP contribution is -2.18. The molecule has 2 rings (SSSR count). The Morgan fingerprint density at radius 2 is 2.10 bits per heavy atom. The van der Waals surface area contributed by atoms with Gasteiger partial charge in [0.15, 0.2) is 0 Å². The highest BCUT2D eigenvalue weighted by Crippen LogP contribution is 2.27. The van der Waals surface area contributed by atoms with E-state index in [1.165, 1.54) is 0 Å². The van der Waals surface area contributed by atoms with Crippen molar-refractivity contribution >= 4 is 11.6 Å². The lowest BCUT2D eigenvalue weighted by Gasteiger charge is -2.15. The van der Waals surface area contributed by atoms with Crippen molar-refractivity contribution in [1.82, 2.24) is 4.98 Å². The van der Waals surface area contributed by atoms with Crippen LogP contribution in [0.2, 0.25) is 5.02 Å². The summed E-state index contributed by atoms with van der Waals surface area (Å²) in [6.07, 6.45) is 4.04. The van der Waals surface area contributed by atoms with E-state index < -0.39 is 0 Å². The fourth-order valence-electron chi connectivity index (χ4n) is 1.99.